The van der Waals surface area contributed by atoms with Crippen molar-refractivity contribution in [2.45, 2.75) is 57.7 Å². The van der Waals surface area contributed by atoms with Crippen LogP contribution in [0.15, 0.2) is 42.9 Å². The van der Waals surface area contributed by atoms with Crippen LogP contribution in [0, 0.1) is 5.92 Å². The molecule has 186 valence electrons. The number of piperidine rings is 1. The maximum absolute atomic E-state index is 12.3. The summed E-state index contributed by atoms with van der Waals surface area (Å²) in [5, 5.41) is 1.38. The molecule has 1 unspecified atom stereocenters. The van der Waals surface area contributed by atoms with E-state index in [2.05, 4.69) is 62.4 Å². The third kappa shape index (κ3) is 5.82. The first-order chi connectivity index (χ1) is 17.2. The summed E-state index contributed by atoms with van der Waals surface area (Å²) in [5.41, 5.74) is 5.60. The van der Waals surface area contributed by atoms with Gasteiger partial charge in [-0.3, -0.25) is 4.79 Å². The van der Waals surface area contributed by atoms with Gasteiger partial charge in [0, 0.05) is 62.7 Å². The molecule has 2 aliphatic rings. The Labute approximate surface area is 206 Å². The van der Waals surface area contributed by atoms with E-state index in [4.69, 9.17) is 9.57 Å². The molecule has 0 saturated carbocycles. The maximum atomic E-state index is 12.3. The van der Waals surface area contributed by atoms with Gasteiger partial charge in [0.1, 0.15) is 0 Å². The number of nitrogens with zero attached hydrogens (tertiary/aromatic N) is 4. The second-order valence-corrected chi connectivity index (χ2v) is 9.72. The SMILES string of the molecule is Cn1cc(CCCC2CCN(c3ncc(C(=O)NOC4CCCCO4)cn3)CC2)c2ccccc21. The number of fused-ring (bicyclic) bond motifs is 1. The molecular formula is C27H35N5O3. The predicted octanol–water partition coefficient (Wildman–Crippen LogP) is 4.40. The minimum atomic E-state index is -0.374. The summed E-state index contributed by atoms with van der Waals surface area (Å²) in [6, 6.07) is 8.66. The van der Waals surface area contributed by atoms with Crippen LogP contribution in [-0.2, 0) is 23.0 Å². The van der Waals surface area contributed by atoms with Crippen LogP contribution < -0.4 is 10.4 Å². The van der Waals surface area contributed by atoms with E-state index in [-0.39, 0.29) is 12.2 Å². The van der Waals surface area contributed by atoms with Crippen molar-refractivity contribution in [3.05, 3.63) is 54.0 Å². The van der Waals surface area contributed by atoms with Crippen LogP contribution in [0.5, 0.6) is 0 Å². The normalized spacial score (nSPS) is 19.2. The molecule has 5 rings (SSSR count). The molecule has 1 atom stereocenters. The number of benzene rings is 1. The average Bonchev–Trinajstić information content (AvgIpc) is 3.24. The Morgan fingerprint density at radius 3 is 2.71 bits per heavy atom. The predicted molar refractivity (Wildman–Crippen MR) is 135 cm³/mol. The van der Waals surface area contributed by atoms with Gasteiger partial charge < -0.3 is 14.2 Å². The lowest BCUT2D eigenvalue weighted by atomic mass is 9.91. The number of aromatic nitrogens is 3. The van der Waals surface area contributed by atoms with E-state index < -0.39 is 0 Å². The van der Waals surface area contributed by atoms with E-state index in [1.807, 2.05) is 0 Å². The highest BCUT2D eigenvalue weighted by molar-refractivity contribution is 5.92. The molecule has 3 aromatic rings. The van der Waals surface area contributed by atoms with Crippen molar-refractivity contribution in [3.63, 3.8) is 0 Å². The number of hydroxylamine groups is 1. The van der Waals surface area contributed by atoms with Gasteiger partial charge in [-0.25, -0.2) is 20.3 Å². The van der Waals surface area contributed by atoms with E-state index >= 15 is 0 Å². The molecule has 0 bridgehead atoms. The molecule has 2 saturated heterocycles. The lowest BCUT2D eigenvalue weighted by Gasteiger charge is -2.32. The summed E-state index contributed by atoms with van der Waals surface area (Å²) in [7, 11) is 2.13. The van der Waals surface area contributed by atoms with Crippen molar-refractivity contribution < 1.29 is 14.4 Å². The highest BCUT2D eigenvalue weighted by Crippen LogP contribution is 2.27. The molecule has 0 aliphatic carbocycles. The van der Waals surface area contributed by atoms with Crippen molar-refractivity contribution in [2.24, 2.45) is 13.0 Å². The fourth-order valence-electron chi connectivity index (χ4n) is 5.21. The standard InChI is InChI=1S/C27H35N5O3/c1-31-19-21(23-9-2-3-10-24(23)31)8-6-7-20-12-14-32(15-13-20)27-28-17-22(18-29-27)26(33)30-35-25-11-4-5-16-34-25/h2-3,9-10,17-20,25H,4-8,11-16H2,1H3,(H,30,33). The van der Waals surface area contributed by atoms with Crippen LogP contribution in [-0.4, -0.2) is 46.4 Å². The van der Waals surface area contributed by atoms with E-state index in [0.717, 1.165) is 57.5 Å². The fraction of sp³-hybridized carbons (Fsp3) is 0.519. The maximum Gasteiger partial charge on any atom is 0.278 e. The number of ether oxygens (including phenoxy) is 1. The number of nitrogens with one attached hydrogen (secondary N) is 1. The number of carbonyl (C=O) groups excluding carboxylic acids is 1. The van der Waals surface area contributed by atoms with Gasteiger partial charge >= 0.3 is 0 Å². The summed E-state index contributed by atoms with van der Waals surface area (Å²) < 4.78 is 7.69. The van der Waals surface area contributed by atoms with Gasteiger partial charge in [0.05, 0.1) is 5.56 Å². The first kappa shape index (κ1) is 23.8. The summed E-state index contributed by atoms with van der Waals surface area (Å²) in [6.45, 7) is 2.57. The smallest absolute Gasteiger partial charge is 0.278 e. The van der Waals surface area contributed by atoms with Gasteiger partial charge in [-0.15, -0.1) is 0 Å². The van der Waals surface area contributed by atoms with Crippen molar-refractivity contribution >= 4 is 22.8 Å². The molecule has 8 nitrogen and oxygen atoms in total. The second-order valence-electron chi connectivity index (χ2n) is 9.72. The summed E-state index contributed by atoms with van der Waals surface area (Å²) in [4.78, 5) is 28.8. The number of para-hydroxylation sites is 1. The van der Waals surface area contributed by atoms with Crippen LogP contribution in [0.2, 0.25) is 0 Å². The van der Waals surface area contributed by atoms with Crippen molar-refractivity contribution in [2.75, 3.05) is 24.6 Å². The number of rotatable bonds is 8. The quantitative estimate of drug-likeness (QED) is 0.485. The largest absolute Gasteiger partial charge is 0.350 e. The molecule has 2 fully saturated rings. The van der Waals surface area contributed by atoms with Gasteiger partial charge in [0.2, 0.25) is 5.95 Å². The molecule has 1 amide bonds. The Morgan fingerprint density at radius 2 is 1.94 bits per heavy atom. The van der Waals surface area contributed by atoms with Crippen LogP contribution in [0.1, 0.15) is 60.9 Å². The molecule has 1 N–H and O–H groups in total. The van der Waals surface area contributed by atoms with E-state index in [1.54, 1.807) is 12.4 Å². The fourth-order valence-corrected chi connectivity index (χ4v) is 5.21. The number of anilines is 1. The molecule has 8 heteroatoms. The molecule has 2 aromatic heterocycles. The Bertz CT molecular complexity index is 1120. The monoisotopic (exact) mass is 477 g/mol. The molecule has 2 aliphatic heterocycles. The molecule has 1 aromatic carbocycles. The lowest BCUT2D eigenvalue weighted by Crippen LogP contribution is -2.35. The van der Waals surface area contributed by atoms with Gasteiger partial charge in [0.25, 0.3) is 5.91 Å². The molecular weight excluding hydrogens is 442 g/mol. The topological polar surface area (TPSA) is 81.5 Å². The van der Waals surface area contributed by atoms with Gasteiger partial charge in [0.15, 0.2) is 6.29 Å². The summed E-state index contributed by atoms with van der Waals surface area (Å²) in [5.74, 6) is 1.08. The van der Waals surface area contributed by atoms with E-state index in [0.29, 0.717) is 18.1 Å². The zero-order valence-corrected chi connectivity index (χ0v) is 20.5. The molecule has 4 heterocycles. The molecule has 0 radical (unpaired) electrons. The highest BCUT2D eigenvalue weighted by Gasteiger charge is 2.22. The highest BCUT2D eigenvalue weighted by atomic mass is 16.8. The Morgan fingerprint density at radius 1 is 1.14 bits per heavy atom. The van der Waals surface area contributed by atoms with Gasteiger partial charge in [-0.05, 0) is 62.5 Å². The Kier molecular flexibility index (Phi) is 7.59. The molecule has 0 spiro atoms. The second kappa shape index (κ2) is 11.2. The third-order valence-electron chi connectivity index (χ3n) is 7.26. The summed E-state index contributed by atoms with van der Waals surface area (Å²) >= 11 is 0. The van der Waals surface area contributed by atoms with Crippen LogP contribution in [0.4, 0.5) is 5.95 Å². The first-order valence-corrected chi connectivity index (χ1v) is 12.8. The van der Waals surface area contributed by atoms with E-state index in [9.17, 15) is 4.79 Å². The number of amides is 1. The van der Waals surface area contributed by atoms with Gasteiger partial charge in [-0.1, -0.05) is 18.2 Å². The van der Waals surface area contributed by atoms with Crippen molar-refractivity contribution in [1.82, 2.24) is 20.0 Å². The first-order valence-electron chi connectivity index (χ1n) is 12.8. The summed E-state index contributed by atoms with van der Waals surface area (Å²) in [6.07, 6.45) is 13.8. The van der Waals surface area contributed by atoms with Crippen LogP contribution >= 0.6 is 0 Å². The molecule has 35 heavy (non-hydrogen) atoms. The zero-order chi connectivity index (χ0) is 24.0. The number of carbonyl (C=O) groups is 1. The van der Waals surface area contributed by atoms with Crippen LogP contribution in [0.3, 0.4) is 0 Å². The zero-order valence-electron chi connectivity index (χ0n) is 20.5. The Hall–Kier alpha value is -2.97. The number of hydrogen-bond donors (Lipinski definition) is 1. The minimum Gasteiger partial charge on any atom is -0.350 e. The third-order valence-corrected chi connectivity index (χ3v) is 7.26. The van der Waals surface area contributed by atoms with E-state index in [1.165, 1.54) is 29.3 Å². The minimum absolute atomic E-state index is 0.351. The average molecular weight is 478 g/mol. The number of aryl methyl sites for hydroxylation is 2. The number of hydrogen-bond acceptors (Lipinski definition) is 6. The van der Waals surface area contributed by atoms with Crippen molar-refractivity contribution in [1.29, 1.82) is 0 Å². The van der Waals surface area contributed by atoms with Gasteiger partial charge in [-0.2, -0.15) is 0 Å². The Balaban J connectivity index is 1.05. The lowest BCUT2D eigenvalue weighted by molar-refractivity contribution is -0.186. The van der Waals surface area contributed by atoms with Crippen LogP contribution in [0.25, 0.3) is 10.9 Å². The van der Waals surface area contributed by atoms with Crippen molar-refractivity contribution in [3.8, 4) is 0 Å².